The Morgan fingerprint density at radius 3 is 1.79 bits per heavy atom. The first-order chi connectivity index (χ1) is 57.6. The number of aliphatic hydroxyl groups is 3. The number of hydrogen-bond donors (Lipinski definition) is 14. The van der Waals surface area contributed by atoms with Gasteiger partial charge < -0.3 is 111 Å². The molecule has 1 heterocycles. The molecule has 0 aromatic heterocycles. The van der Waals surface area contributed by atoms with Gasteiger partial charge in [0.2, 0.25) is 47.1 Å². The number of ketones is 3. The lowest BCUT2D eigenvalue weighted by Gasteiger charge is -2.47. The van der Waals surface area contributed by atoms with Crippen molar-refractivity contribution in [2.45, 2.75) is 237 Å². The van der Waals surface area contributed by atoms with Crippen LogP contribution in [-0.4, -0.2) is 221 Å². The molecule has 4 aromatic carbocycles. The van der Waals surface area contributed by atoms with Gasteiger partial charge in [-0.3, -0.25) is 62.3 Å². The second-order valence-electron chi connectivity index (χ2n) is 30.3. The summed E-state index contributed by atoms with van der Waals surface area (Å²) in [5, 5.41) is 80.1. The van der Waals surface area contributed by atoms with Crippen molar-refractivity contribution >= 4 is 94.5 Å². The number of ether oxygens (including phenoxy) is 8. The van der Waals surface area contributed by atoms with E-state index in [1.807, 2.05) is 26.8 Å². The van der Waals surface area contributed by atoms with E-state index >= 15 is 0 Å². The number of phenolic OH excluding ortho intramolecular Hbond substituents is 2. The molecule has 1 fully saturated rings. The molecular formula is C84H111N9O28. The van der Waals surface area contributed by atoms with Crippen molar-refractivity contribution < 1.29 is 135 Å². The van der Waals surface area contributed by atoms with Crippen LogP contribution in [0.1, 0.15) is 206 Å². The Balaban J connectivity index is 1.01. The lowest BCUT2D eigenvalue weighted by molar-refractivity contribution is -0.275. The quantitative estimate of drug-likeness (QED) is 0.0113. The SMILES string of the molecule is CCCCOC(=O)CC[C@H](NC(=O)[C@H](CC(=O)OCCCC)NC(=O)CNC(=O)[C@H](CCCCNC(=O)OCc1ccccc1)NC(C)=O)C(=O)N[C@H](C(=O)N[C@@H](CC(=O)OCCCC)C(=O)Nc1ccc(COC(=O)NC2C[C@H](O[C@@]3(C)C[C@](O)(C(=O)CO)Cc4c(O)c5c(c(O)c43)C(=O)c3c(OC)cccc3C5=O)O[C@@H](C)[C@H]2O)cc1)C(C)C. The Hall–Kier alpha value is -11.7. The highest BCUT2D eigenvalue weighted by Crippen LogP contribution is 2.55. The fraction of sp³-hybridized carbons (Fsp3) is 0.536. The largest absolute Gasteiger partial charge is 0.507 e. The molecule has 9 amide bonds. The van der Waals surface area contributed by atoms with Gasteiger partial charge in [-0.15, -0.1) is 0 Å². The Labute approximate surface area is 699 Å². The van der Waals surface area contributed by atoms with Crippen LogP contribution in [0, 0.1) is 5.92 Å². The van der Waals surface area contributed by atoms with Crippen molar-refractivity contribution in [2.24, 2.45) is 5.92 Å². The summed E-state index contributed by atoms with van der Waals surface area (Å²) in [6, 6.07) is 9.76. The number of alkyl carbamates (subject to hydrolysis) is 2. The summed E-state index contributed by atoms with van der Waals surface area (Å²) in [5.74, 6) is -14.6. The summed E-state index contributed by atoms with van der Waals surface area (Å²) in [4.78, 5) is 205. The minimum Gasteiger partial charge on any atom is -0.507 e. The van der Waals surface area contributed by atoms with Crippen molar-refractivity contribution in [3.63, 3.8) is 0 Å². The summed E-state index contributed by atoms with van der Waals surface area (Å²) in [6.07, 6.45) is -6.03. The number of carbonyl (C=O) groups is 15. The average Bonchev–Trinajstić information content (AvgIpc) is 0.700. The molecule has 0 radical (unpaired) electrons. The van der Waals surface area contributed by atoms with Gasteiger partial charge in [-0.25, -0.2) is 9.59 Å². The normalized spacial score (nSPS) is 18.9. The van der Waals surface area contributed by atoms with E-state index in [1.54, 1.807) is 24.3 Å². The number of nitrogens with one attached hydrogen (secondary N) is 9. The first-order valence-corrected chi connectivity index (χ1v) is 40.3. The van der Waals surface area contributed by atoms with E-state index in [2.05, 4.69) is 47.9 Å². The van der Waals surface area contributed by atoms with Crippen LogP contribution in [0.3, 0.4) is 0 Å². The second-order valence-corrected chi connectivity index (χ2v) is 30.3. The molecule has 37 heteroatoms. The lowest BCUT2D eigenvalue weighted by atomic mass is 9.67. The fourth-order valence-corrected chi connectivity index (χ4v) is 13.9. The number of rotatable bonds is 45. The fourth-order valence-electron chi connectivity index (χ4n) is 13.9. The van der Waals surface area contributed by atoms with E-state index < -0.39 is 242 Å². The Morgan fingerprint density at radius 2 is 1.18 bits per heavy atom. The summed E-state index contributed by atoms with van der Waals surface area (Å²) < 4.78 is 44.6. The third-order valence-corrected chi connectivity index (χ3v) is 20.3. The minimum absolute atomic E-state index is 0.0127. The van der Waals surface area contributed by atoms with Crippen LogP contribution >= 0.6 is 0 Å². The molecule has 0 spiro atoms. The van der Waals surface area contributed by atoms with Gasteiger partial charge in [-0.2, -0.15) is 0 Å². The molecule has 7 rings (SSSR count). The monoisotopic (exact) mass is 1690 g/mol. The van der Waals surface area contributed by atoms with Crippen LogP contribution in [0.5, 0.6) is 17.2 Å². The minimum atomic E-state index is -2.51. The second kappa shape index (κ2) is 46.2. The van der Waals surface area contributed by atoms with Gasteiger partial charge in [0.25, 0.3) is 0 Å². The number of anilines is 1. The first kappa shape index (κ1) is 96.5. The number of aliphatic hydroxyl groups excluding tert-OH is 2. The maximum Gasteiger partial charge on any atom is 0.407 e. The van der Waals surface area contributed by atoms with Crippen molar-refractivity contribution in [3.8, 4) is 17.2 Å². The van der Waals surface area contributed by atoms with Crippen molar-refractivity contribution in [1.82, 2.24) is 42.5 Å². The molecule has 37 nitrogen and oxygen atoms in total. The van der Waals surface area contributed by atoms with Crippen molar-refractivity contribution in [2.75, 3.05) is 51.9 Å². The number of phenols is 2. The average molecular weight is 1690 g/mol. The standard InChI is InChI=1S/C84H111N9O28/c1-10-13-34-115-62(98)32-31-55(90-79(109)57(37-63(99)116-35-14-11-2)89-61(97)41-86-76(106)54(87-48(7)95)25-19-20-33-85-81(111)118-43-49-22-17-16-18-23-49)77(107)93-70(46(4)5)80(110)91-58(38-64(100)117-36-15-12-3)78(108)88-51-29-27-50(28-30-51)44-119-82(112)92-56-39-65(120-47(6)71(56)101)121-83(8)45-84(113,60(96)42-94)40-53-69(83)75(105)68-67(73(53)103)72(102)52-24-21-26-59(114-9)66(52)74(68)104/h16-18,21-24,26-30,46-47,54-58,65,70-71,94,101,103,105,113H,10-15,19-20,25,31-45H2,1-9H3,(H,85,111)(H,86,106)(H,87,95)(H,88,108)(H,89,97)(H,90,109)(H,91,110)(H,92,112)(H,93,107)/t47-,54-,55-,56?,57-,58-,65-,70-,71+,83-,84-/m0/s1. The van der Waals surface area contributed by atoms with Gasteiger partial charge in [0, 0.05) is 61.5 Å². The molecule has 1 aliphatic heterocycles. The van der Waals surface area contributed by atoms with E-state index in [9.17, 15) is 97.5 Å². The van der Waals surface area contributed by atoms with Gasteiger partial charge >= 0.3 is 30.1 Å². The van der Waals surface area contributed by atoms with E-state index in [0.29, 0.717) is 56.9 Å². The van der Waals surface area contributed by atoms with Crippen LogP contribution in [0.2, 0.25) is 0 Å². The number of amides is 9. The van der Waals surface area contributed by atoms with Gasteiger partial charge in [0.1, 0.15) is 84.6 Å². The third kappa shape index (κ3) is 27.4. The maximum absolute atomic E-state index is 14.6. The van der Waals surface area contributed by atoms with E-state index in [4.69, 9.17) is 37.9 Å². The predicted molar refractivity (Wildman–Crippen MR) is 428 cm³/mol. The van der Waals surface area contributed by atoms with Crippen LogP contribution in [0.15, 0.2) is 72.8 Å². The Kier molecular flexibility index (Phi) is 36.8. The number of hydrogen-bond acceptors (Lipinski definition) is 28. The molecule has 0 saturated carbocycles. The molecule has 660 valence electrons. The number of methoxy groups -OCH3 is 1. The molecule has 11 atom stereocenters. The number of unbranched alkanes of at least 4 members (excludes halogenated alkanes) is 4. The molecule has 1 unspecified atom stereocenters. The van der Waals surface area contributed by atoms with Gasteiger partial charge in [0.05, 0.1) is 75.2 Å². The third-order valence-electron chi connectivity index (χ3n) is 20.3. The van der Waals surface area contributed by atoms with E-state index in [-0.39, 0.29) is 79.5 Å². The Bertz CT molecular complexity index is 4370. The summed E-state index contributed by atoms with van der Waals surface area (Å²) in [5.41, 5.74) is -5.66. The number of benzene rings is 4. The summed E-state index contributed by atoms with van der Waals surface area (Å²) >= 11 is 0. The molecule has 121 heavy (non-hydrogen) atoms. The number of esters is 3. The topological polar surface area (TPSA) is 539 Å². The van der Waals surface area contributed by atoms with Crippen LogP contribution < -0.4 is 52.6 Å². The molecule has 2 aliphatic carbocycles. The number of carbonyl (C=O) groups excluding carboxylic acids is 15. The van der Waals surface area contributed by atoms with Crippen LogP contribution in [0.4, 0.5) is 15.3 Å². The van der Waals surface area contributed by atoms with Gasteiger partial charge in [-0.05, 0) is 94.0 Å². The maximum atomic E-state index is 14.6. The first-order valence-electron chi connectivity index (χ1n) is 40.3. The molecule has 4 aromatic rings. The molecule has 1 saturated heterocycles. The Morgan fingerprint density at radius 1 is 0.603 bits per heavy atom. The number of aromatic hydroxyl groups is 2. The zero-order valence-electron chi connectivity index (χ0n) is 69.3. The van der Waals surface area contributed by atoms with Crippen molar-refractivity contribution in [1.29, 1.82) is 0 Å². The molecular weight excluding hydrogens is 1580 g/mol. The zero-order valence-corrected chi connectivity index (χ0v) is 69.3. The van der Waals surface area contributed by atoms with Crippen LogP contribution in [0.25, 0.3) is 0 Å². The molecule has 0 bridgehead atoms. The number of fused-ring (bicyclic) bond motifs is 3. The molecule has 3 aliphatic rings. The predicted octanol–water partition coefficient (Wildman–Crippen LogP) is 3.98. The molecule has 14 N–H and O–H groups in total. The summed E-state index contributed by atoms with van der Waals surface area (Å²) in [6.45, 7) is 10.3. The van der Waals surface area contributed by atoms with E-state index in [0.717, 1.165) is 5.56 Å². The van der Waals surface area contributed by atoms with Crippen LogP contribution in [-0.2, 0) is 111 Å². The van der Waals surface area contributed by atoms with Gasteiger partial charge in [-0.1, -0.05) is 108 Å². The number of Topliss-reactive ketones (excluding diaryl/α,β-unsaturated/α-hetero) is 1. The zero-order chi connectivity index (χ0) is 88.8. The highest BCUT2D eigenvalue weighted by molar-refractivity contribution is 6.31. The van der Waals surface area contributed by atoms with E-state index in [1.165, 1.54) is 84.2 Å². The smallest absolute Gasteiger partial charge is 0.407 e. The highest BCUT2D eigenvalue weighted by atomic mass is 16.7. The van der Waals surface area contributed by atoms with Crippen molar-refractivity contribution in [3.05, 3.63) is 117 Å². The lowest BCUT2D eigenvalue weighted by Crippen LogP contribution is -2.59. The van der Waals surface area contributed by atoms with Gasteiger partial charge in [0.15, 0.2) is 17.9 Å². The summed E-state index contributed by atoms with van der Waals surface area (Å²) in [7, 11) is 1.26. The highest BCUT2D eigenvalue weighted by Gasteiger charge is 2.56.